The molecule has 0 aliphatic rings. The van der Waals surface area contributed by atoms with E-state index in [2.05, 4.69) is 24.8 Å². The van der Waals surface area contributed by atoms with Gasteiger partial charge in [0, 0.05) is 18.5 Å². The van der Waals surface area contributed by atoms with Crippen LogP contribution in [-0.4, -0.2) is 36.7 Å². The third-order valence-electron chi connectivity index (χ3n) is 3.15. The summed E-state index contributed by atoms with van der Waals surface area (Å²) < 4.78 is 5.43. The number of rotatable bonds is 7. The molecule has 0 amide bonds. The molecule has 4 nitrogen and oxygen atoms in total. The quantitative estimate of drug-likeness (QED) is 0.823. The molecular formula is C15H23NO3. The van der Waals surface area contributed by atoms with Crippen LogP contribution < -0.4 is 4.74 Å². The van der Waals surface area contributed by atoms with Crippen molar-refractivity contribution in [1.29, 1.82) is 0 Å². The number of hydrogen-bond acceptors (Lipinski definition) is 3. The van der Waals surface area contributed by atoms with Crippen LogP contribution in [0.25, 0.3) is 0 Å². The van der Waals surface area contributed by atoms with E-state index in [1.54, 1.807) is 7.11 Å². The smallest absolute Gasteiger partial charge is 0.303 e. The molecule has 1 rings (SSSR count). The maximum atomic E-state index is 10.5. The molecule has 0 spiro atoms. The summed E-state index contributed by atoms with van der Waals surface area (Å²) in [6.45, 7) is 5.67. The first-order valence-electron chi connectivity index (χ1n) is 6.48. The number of carbonyl (C=O) groups is 1. The lowest BCUT2D eigenvalue weighted by molar-refractivity contribution is -0.137. The van der Waals surface area contributed by atoms with Gasteiger partial charge in [0.1, 0.15) is 5.75 Å². The van der Waals surface area contributed by atoms with Crippen molar-refractivity contribution < 1.29 is 14.6 Å². The lowest BCUT2D eigenvalue weighted by Gasteiger charge is -2.20. The van der Waals surface area contributed by atoms with Gasteiger partial charge in [0.2, 0.25) is 0 Å². The Morgan fingerprint density at radius 3 is 2.63 bits per heavy atom. The number of aryl methyl sites for hydroxylation is 2. The maximum absolute atomic E-state index is 10.5. The van der Waals surface area contributed by atoms with Gasteiger partial charge in [-0.15, -0.1) is 0 Å². The van der Waals surface area contributed by atoms with Crippen molar-refractivity contribution in [3.63, 3.8) is 0 Å². The normalized spacial score (nSPS) is 10.8. The first kappa shape index (κ1) is 15.5. The summed E-state index contributed by atoms with van der Waals surface area (Å²) >= 11 is 0. The summed E-state index contributed by atoms with van der Waals surface area (Å²) in [4.78, 5) is 12.6. The Kier molecular flexibility index (Phi) is 5.83. The maximum Gasteiger partial charge on any atom is 0.303 e. The number of ether oxygens (including phenoxy) is 1. The highest BCUT2D eigenvalue weighted by atomic mass is 16.5. The summed E-state index contributed by atoms with van der Waals surface area (Å²) in [6.07, 6.45) is 0.882. The SMILES string of the molecule is COc1cc(C)cc(C)c1CN(C)CCCC(=O)O. The van der Waals surface area contributed by atoms with Crippen LogP contribution in [0.2, 0.25) is 0 Å². The van der Waals surface area contributed by atoms with Gasteiger partial charge in [-0.3, -0.25) is 4.79 Å². The minimum Gasteiger partial charge on any atom is -0.496 e. The van der Waals surface area contributed by atoms with Gasteiger partial charge in [-0.1, -0.05) is 6.07 Å². The van der Waals surface area contributed by atoms with Crippen LogP contribution in [-0.2, 0) is 11.3 Å². The van der Waals surface area contributed by atoms with E-state index in [0.717, 1.165) is 18.8 Å². The largest absolute Gasteiger partial charge is 0.496 e. The molecule has 1 N–H and O–H groups in total. The van der Waals surface area contributed by atoms with E-state index in [1.165, 1.54) is 16.7 Å². The molecule has 0 saturated carbocycles. The molecule has 19 heavy (non-hydrogen) atoms. The lowest BCUT2D eigenvalue weighted by Crippen LogP contribution is -2.20. The summed E-state index contributed by atoms with van der Waals surface area (Å²) in [7, 11) is 3.68. The first-order chi connectivity index (χ1) is 8.93. The lowest BCUT2D eigenvalue weighted by atomic mass is 10.0. The molecule has 1 aromatic rings. The molecule has 4 heteroatoms. The average Bonchev–Trinajstić information content (AvgIpc) is 2.31. The van der Waals surface area contributed by atoms with Crippen LogP contribution in [0.1, 0.15) is 29.5 Å². The second kappa shape index (κ2) is 7.14. The number of carboxylic acid groups (broad SMARTS) is 1. The van der Waals surface area contributed by atoms with Crippen LogP contribution >= 0.6 is 0 Å². The Balaban J connectivity index is 2.68. The van der Waals surface area contributed by atoms with Gasteiger partial charge < -0.3 is 14.7 Å². The monoisotopic (exact) mass is 265 g/mol. The van der Waals surface area contributed by atoms with Gasteiger partial charge in [0.05, 0.1) is 7.11 Å². The van der Waals surface area contributed by atoms with Gasteiger partial charge in [-0.2, -0.15) is 0 Å². The highest BCUT2D eigenvalue weighted by Gasteiger charge is 2.10. The van der Waals surface area contributed by atoms with Gasteiger partial charge in [-0.05, 0) is 51.1 Å². The second-order valence-corrected chi connectivity index (χ2v) is 5.00. The van der Waals surface area contributed by atoms with Crippen LogP contribution in [0.4, 0.5) is 0 Å². The topological polar surface area (TPSA) is 49.8 Å². The predicted molar refractivity (Wildman–Crippen MR) is 75.7 cm³/mol. The fourth-order valence-electron chi connectivity index (χ4n) is 2.19. The minimum atomic E-state index is -0.738. The van der Waals surface area contributed by atoms with Crippen LogP contribution in [0.3, 0.4) is 0 Å². The van der Waals surface area contributed by atoms with E-state index in [1.807, 2.05) is 13.1 Å². The standard InChI is InChI=1S/C15H23NO3/c1-11-8-12(2)13(14(9-11)19-4)10-16(3)7-5-6-15(17)18/h8-9H,5-7,10H2,1-4H3,(H,17,18). The van der Waals surface area contributed by atoms with Gasteiger partial charge in [-0.25, -0.2) is 0 Å². The zero-order valence-electron chi connectivity index (χ0n) is 12.2. The highest BCUT2D eigenvalue weighted by Crippen LogP contribution is 2.25. The van der Waals surface area contributed by atoms with Crippen molar-refractivity contribution in [3.05, 3.63) is 28.8 Å². The zero-order valence-corrected chi connectivity index (χ0v) is 12.2. The van der Waals surface area contributed by atoms with Crippen molar-refractivity contribution in [2.45, 2.75) is 33.2 Å². The minimum absolute atomic E-state index is 0.217. The van der Waals surface area contributed by atoms with Crippen LogP contribution in [0.5, 0.6) is 5.75 Å². The molecule has 0 aliphatic heterocycles. The molecular weight excluding hydrogens is 242 g/mol. The van der Waals surface area contributed by atoms with E-state index in [9.17, 15) is 4.79 Å². The number of aliphatic carboxylic acids is 1. The van der Waals surface area contributed by atoms with Crippen molar-refractivity contribution in [3.8, 4) is 5.75 Å². The summed E-state index contributed by atoms with van der Waals surface area (Å²) in [5, 5.41) is 8.63. The molecule has 0 aromatic heterocycles. The molecule has 0 heterocycles. The molecule has 0 atom stereocenters. The van der Waals surface area contributed by atoms with E-state index in [-0.39, 0.29) is 6.42 Å². The number of benzene rings is 1. The molecule has 0 unspecified atom stereocenters. The summed E-state index contributed by atoms with van der Waals surface area (Å²) in [6, 6.07) is 4.18. The Morgan fingerprint density at radius 1 is 1.37 bits per heavy atom. The van der Waals surface area contributed by atoms with Gasteiger partial charge in [0.25, 0.3) is 0 Å². The van der Waals surface area contributed by atoms with Crippen molar-refractivity contribution >= 4 is 5.97 Å². The Morgan fingerprint density at radius 2 is 2.05 bits per heavy atom. The van der Waals surface area contributed by atoms with Gasteiger partial charge in [0.15, 0.2) is 0 Å². The van der Waals surface area contributed by atoms with Crippen molar-refractivity contribution in [2.24, 2.45) is 0 Å². The van der Waals surface area contributed by atoms with E-state index in [4.69, 9.17) is 9.84 Å². The molecule has 0 aliphatic carbocycles. The van der Waals surface area contributed by atoms with E-state index >= 15 is 0 Å². The third kappa shape index (κ3) is 4.91. The molecule has 106 valence electrons. The third-order valence-corrected chi connectivity index (χ3v) is 3.15. The van der Waals surface area contributed by atoms with Gasteiger partial charge >= 0.3 is 5.97 Å². The Labute approximate surface area is 115 Å². The highest BCUT2D eigenvalue weighted by molar-refractivity contribution is 5.66. The number of methoxy groups -OCH3 is 1. The number of nitrogens with zero attached hydrogens (tertiary/aromatic N) is 1. The molecule has 1 aromatic carbocycles. The molecule has 0 fully saturated rings. The van der Waals surface area contributed by atoms with Crippen molar-refractivity contribution in [2.75, 3.05) is 20.7 Å². The molecule has 0 bridgehead atoms. The number of hydrogen-bond donors (Lipinski definition) is 1. The van der Waals surface area contributed by atoms with Crippen molar-refractivity contribution in [1.82, 2.24) is 4.90 Å². The molecule has 0 radical (unpaired) electrons. The predicted octanol–water partition coefficient (Wildman–Crippen LogP) is 2.61. The second-order valence-electron chi connectivity index (χ2n) is 5.00. The fraction of sp³-hybridized carbons (Fsp3) is 0.533. The van der Waals surface area contributed by atoms with E-state index in [0.29, 0.717) is 6.42 Å². The number of carboxylic acids is 1. The summed E-state index contributed by atoms with van der Waals surface area (Å²) in [5.74, 6) is 0.167. The molecule has 0 saturated heterocycles. The van der Waals surface area contributed by atoms with Crippen LogP contribution in [0, 0.1) is 13.8 Å². The first-order valence-corrected chi connectivity index (χ1v) is 6.48. The van der Waals surface area contributed by atoms with Crippen LogP contribution in [0.15, 0.2) is 12.1 Å². The fourth-order valence-corrected chi connectivity index (χ4v) is 2.19. The average molecular weight is 265 g/mol. The Bertz CT molecular complexity index is 443. The summed E-state index contributed by atoms with van der Waals surface area (Å²) in [5.41, 5.74) is 3.57. The Hall–Kier alpha value is -1.55. The zero-order chi connectivity index (χ0) is 14.4. The van der Waals surface area contributed by atoms with E-state index < -0.39 is 5.97 Å².